The third-order valence-corrected chi connectivity index (χ3v) is 7.24. The predicted molar refractivity (Wildman–Crippen MR) is 103 cm³/mol. The number of halogens is 3. The molecule has 1 saturated heterocycles. The molecule has 0 aromatic heterocycles. The second kappa shape index (κ2) is 7.25. The van der Waals surface area contributed by atoms with Crippen molar-refractivity contribution in [1.82, 2.24) is 4.90 Å². The van der Waals surface area contributed by atoms with E-state index in [-0.39, 0.29) is 22.1 Å². The van der Waals surface area contributed by atoms with E-state index in [1.807, 2.05) is 0 Å². The molecule has 0 spiro atoms. The molecular formula is C20H18ClF2NO4S. The van der Waals surface area contributed by atoms with Crippen LogP contribution in [0.1, 0.15) is 46.7 Å². The Balaban J connectivity index is 1.71. The Labute approximate surface area is 171 Å². The fourth-order valence-electron chi connectivity index (χ4n) is 3.35. The highest BCUT2D eigenvalue weighted by Crippen LogP contribution is 2.42. The van der Waals surface area contributed by atoms with E-state index in [4.69, 9.17) is 11.6 Å². The van der Waals surface area contributed by atoms with Gasteiger partial charge in [-0.25, -0.2) is 17.2 Å². The number of sulfone groups is 1. The van der Waals surface area contributed by atoms with Gasteiger partial charge in [0.2, 0.25) is 0 Å². The van der Waals surface area contributed by atoms with Crippen molar-refractivity contribution in [2.24, 2.45) is 0 Å². The minimum atomic E-state index is -4.26. The van der Waals surface area contributed by atoms with Crippen molar-refractivity contribution in [3.8, 4) is 5.75 Å². The Hall–Kier alpha value is -2.19. The van der Waals surface area contributed by atoms with Crippen LogP contribution < -0.4 is 0 Å². The predicted octanol–water partition coefficient (Wildman–Crippen LogP) is 4.02. The zero-order valence-corrected chi connectivity index (χ0v) is 16.9. The summed E-state index contributed by atoms with van der Waals surface area (Å²) >= 11 is 5.96. The van der Waals surface area contributed by atoms with Crippen molar-refractivity contribution in [2.75, 3.05) is 13.1 Å². The van der Waals surface area contributed by atoms with Crippen LogP contribution in [0.3, 0.4) is 0 Å². The van der Waals surface area contributed by atoms with Crippen LogP contribution in [0.25, 0.3) is 0 Å². The molecule has 1 saturated carbocycles. The van der Waals surface area contributed by atoms with Gasteiger partial charge in [-0.15, -0.1) is 0 Å². The molecule has 1 heterocycles. The molecule has 2 aliphatic rings. The molecule has 5 nitrogen and oxygen atoms in total. The fourth-order valence-corrected chi connectivity index (χ4v) is 5.12. The van der Waals surface area contributed by atoms with Crippen molar-refractivity contribution in [2.45, 2.75) is 35.8 Å². The number of carbonyl (C=O) groups excluding carboxylic acids is 1. The topological polar surface area (TPSA) is 74.7 Å². The third-order valence-electron chi connectivity index (χ3n) is 5.28. The molecule has 29 heavy (non-hydrogen) atoms. The first-order chi connectivity index (χ1) is 13.7. The summed E-state index contributed by atoms with van der Waals surface area (Å²) in [5.74, 6) is -3.58. The summed E-state index contributed by atoms with van der Waals surface area (Å²) in [7, 11) is -4.26. The van der Waals surface area contributed by atoms with E-state index < -0.39 is 43.8 Å². The Morgan fingerprint density at radius 3 is 2.41 bits per heavy atom. The van der Waals surface area contributed by atoms with E-state index in [1.165, 1.54) is 17.0 Å². The van der Waals surface area contributed by atoms with Crippen LogP contribution >= 0.6 is 11.6 Å². The molecule has 2 aromatic carbocycles. The summed E-state index contributed by atoms with van der Waals surface area (Å²) < 4.78 is 54.1. The molecule has 2 aromatic rings. The molecule has 0 atom stereocenters. The lowest BCUT2D eigenvalue weighted by Crippen LogP contribution is -2.42. The van der Waals surface area contributed by atoms with Crippen molar-refractivity contribution >= 4 is 27.3 Å². The summed E-state index contributed by atoms with van der Waals surface area (Å²) in [6.07, 6.45) is 2.40. The lowest BCUT2D eigenvalue weighted by Gasteiger charge is -2.31. The smallest absolute Gasteiger partial charge is 0.253 e. The Kier molecular flexibility index (Phi) is 5.02. The summed E-state index contributed by atoms with van der Waals surface area (Å²) in [6.45, 7) is 1.12. The highest BCUT2D eigenvalue weighted by atomic mass is 35.5. The van der Waals surface area contributed by atoms with Gasteiger partial charge in [0.05, 0.1) is 10.8 Å². The SMILES string of the molecule is O=C(c1cc(Cl)c(O)c(S(=O)(=O)Cc2cc(C3CC3)c(F)cc2F)c1)N1CCC1. The number of hydrogen-bond donors (Lipinski definition) is 1. The Bertz CT molecular complexity index is 1110. The summed E-state index contributed by atoms with van der Waals surface area (Å²) in [5.41, 5.74) is 0.133. The summed E-state index contributed by atoms with van der Waals surface area (Å²) in [4.78, 5) is 13.4. The number of carbonyl (C=O) groups is 1. The normalized spacial score (nSPS) is 16.6. The maximum Gasteiger partial charge on any atom is 0.253 e. The van der Waals surface area contributed by atoms with Crippen LogP contribution in [0.15, 0.2) is 29.2 Å². The molecule has 2 fully saturated rings. The number of aromatic hydroxyl groups is 1. The minimum Gasteiger partial charge on any atom is -0.505 e. The van der Waals surface area contributed by atoms with E-state index in [0.29, 0.717) is 24.7 Å². The monoisotopic (exact) mass is 441 g/mol. The highest BCUT2D eigenvalue weighted by molar-refractivity contribution is 7.90. The molecule has 9 heteroatoms. The molecule has 154 valence electrons. The van der Waals surface area contributed by atoms with E-state index in [9.17, 15) is 27.1 Å². The first-order valence-corrected chi connectivity index (χ1v) is 11.2. The van der Waals surface area contributed by atoms with Gasteiger partial charge in [-0.2, -0.15) is 0 Å². The standard InChI is InChI=1S/C20H18ClF2NO4S/c21-15-7-12(20(26)24-4-1-5-24)8-18(19(15)25)29(27,28)10-13-6-14(11-2-3-11)17(23)9-16(13)22/h6-9,11,25H,1-5,10H2. The Morgan fingerprint density at radius 1 is 1.14 bits per heavy atom. The average molecular weight is 442 g/mol. The number of hydrogen-bond acceptors (Lipinski definition) is 4. The minimum absolute atomic E-state index is 0.0302. The number of nitrogens with zero attached hydrogens (tertiary/aromatic N) is 1. The molecular weight excluding hydrogens is 424 g/mol. The second-order valence-electron chi connectivity index (χ2n) is 7.45. The van der Waals surface area contributed by atoms with Gasteiger partial charge in [0, 0.05) is 30.3 Å². The second-order valence-corrected chi connectivity index (χ2v) is 9.81. The van der Waals surface area contributed by atoms with Crippen LogP contribution in [0.2, 0.25) is 5.02 Å². The van der Waals surface area contributed by atoms with Gasteiger partial charge in [-0.3, -0.25) is 4.79 Å². The van der Waals surface area contributed by atoms with E-state index in [0.717, 1.165) is 25.3 Å². The van der Waals surface area contributed by atoms with Crippen LogP contribution in [-0.4, -0.2) is 37.4 Å². The highest BCUT2D eigenvalue weighted by Gasteiger charge is 2.31. The quantitative estimate of drug-likeness (QED) is 0.760. The maximum atomic E-state index is 14.3. The molecule has 1 N–H and O–H groups in total. The molecule has 1 amide bonds. The van der Waals surface area contributed by atoms with Crippen LogP contribution in [-0.2, 0) is 15.6 Å². The molecule has 0 radical (unpaired) electrons. The van der Waals surface area contributed by atoms with Gasteiger partial charge in [-0.05, 0) is 48.9 Å². The van der Waals surface area contributed by atoms with E-state index in [2.05, 4.69) is 0 Å². The van der Waals surface area contributed by atoms with Gasteiger partial charge in [-0.1, -0.05) is 11.6 Å². The molecule has 1 aliphatic heterocycles. The lowest BCUT2D eigenvalue weighted by atomic mass is 10.1. The Morgan fingerprint density at radius 2 is 1.83 bits per heavy atom. The first-order valence-electron chi connectivity index (χ1n) is 9.19. The van der Waals surface area contributed by atoms with Crippen LogP contribution in [0.5, 0.6) is 5.75 Å². The molecule has 0 bridgehead atoms. The number of phenols is 1. The molecule has 0 unspecified atom stereocenters. The van der Waals surface area contributed by atoms with E-state index in [1.54, 1.807) is 0 Å². The fraction of sp³-hybridized carbons (Fsp3) is 0.350. The number of amides is 1. The molecule has 4 rings (SSSR count). The zero-order valence-electron chi connectivity index (χ0n) is 15.3. The summed E-state index contributed by atoms with van der Waals surface area (Å²) in [5, 5.41) is 9.92. The number of benzene rings is 2. The zero-order chi connectivity index (χ0) is 20.9. The largest absolute Gasteiger partial charge is 0.505 e. The number of likely N-dealkylation sites (tertiary alicyclic amines) is 1. The van der Waals surface area contributed by atoms with Crippen LogP contribution in [0.4, 0.5) is 8.78 Å². The maximum absolute atomic E-state index is 14.3. The lowest BCUT2D eigenvalue weighted by molar-refractivity contribution is 0.0651. The van der Waals surface area contributed by atoms with Gasteiger partial charge >= 0.3 is 0 Å². The first kappa shape index (κ1) is 20.1. The summed E-state index contributed by atoms with van der Waals surface area (Å²) in [6, 6.07) is 4.18. The molecule has 1 aliphatic carbocycles. The third kappa shape index (κ3) is 3.83. The van der Waals surface area contributed by atoms with Gasteiger partial charge < -0.3 is 10.0 Å². The van der Waals surface area contributed by atoms with Crippen LogP contribution in [0, 0.1) is 11.6 Å². The van der Waals surface area contributed by atoms with Crippen molar-refractivity contribution in [3.63, 3.8) is 0 Å². The van der Waals surface area contributed by atoms with Crippen molar-refractivity contribution < 1.29 is 27.1 Å². The van der Waals surface area contributed by atoms with Crippen molar-refractivity contribution in [3.05, 3.63) is 57.6 Å². The number of rotatable bonds is 5. The number of phenolic OH excluding ortho intramolecular Hbond substituents is 1. The van der Waals surface area contributed by atoms with E-state index >= 15 is 0 Å². The van der Waals surface area contributed by atoms with Crippen molar-refractivity contribution in [1.29, 1.82) is 0 Å². The van der Waals surface area contributed by atoms with Gasteiger partial charge in [0.1, 0.15) is 16.5 Å². The van der Waals surface area contributed by atoms with Gasteiger partial charge in [0.25, 0.3) is 5.91 Å². The average Bonchev–Trinajstić information content (AvgIpc) is 3.42. The van der Waals surface area contributed by atoms with Gasteiger partial charge in [0.15, 0.2) is 15.6 Å².